The van der Waals surface area contributed by atoms with Crippen LogP contribution in [0, 0.1) is 5.92 Å². The highest BCUT2D eigenvalue weighted by molar-refractivity contribution is 7.99. The third kappa shape index (κ3) is 5.49. The molecule has 6 nitrogen and oxygen atoms in total. The van der Waals surface area contributed by atoms with E-state index in [2.05, 4.69) is 28.7 Å². The molecular formula is C20H28N4O2S. The SMILES string of the molecule is COc1ccccc1SCC(C)CNC(=O)c1ccn(C2CCCNC2)n1. The van der Waals surface area contributed by atoms with Gasteiger partial charge < -0.3 is 15.4 Å². The van der Waals surface area contributed by atoms with Crippen molar-refractivity contribution >= 4 is 17.7 Å². The normalized spacial score (nSPS) is 18.1. The van der Waals surface area contributed by atoms with Gasteiger partial charge in [-0.05, 0) is 43.5 Å². The predicted octanol–water partition coefficient (Wildman–Crippen LogP) is 2.97. The molecule has 2 aromatic rings. The van der Waals surface area contributed by atoms with Crippen molar-refractivity contribution in [2.45, 2.75) is 30.7 Å². The lowest BCUT2D eigenvalue weighted by Crippen LogP contribution is -2.32. The van der Waals surface area contributed by atoms with Gasteiger partial charge in [-0.2, -0.15) is 5.10 Å². The van der Waals surface area contributed by atoms with Crippen LogP contribution in [0.3, 0.4) is 0 Å². The zero-order valence-electron chi connectivity index (χ0n) is 16.0. The summed E-state index contributed by atoms with van der Waals surface area (Å²) < 4.78 is 7.30. The molecule has 7 heteroatoms. The Bertz CT molecular complexity index is 743. The van der Waals surface area contributed by atoms with Crippen molar-refractivity contribution in [3.8, 4) is 5.75 Å². The van der Waals surface area contributed by atoms with Crippen molar-refractivity contribution in [2.75, 3.05) is 32.5 Å². The van der Waals surface area contributed by atoms with Gasteiger partial charge in [-0.1, -0.05) is 19.1 Å². The number of aromatic nitrogens is 2. The van der Waals surface area contributed by atoms with E-state index in [0.717, 1.165) is 42.3 Å². The predicted molar refractivity (Wildman–Crippen MR) is 109 cm³/mol. The van der Waals surface area contributed by atoms with E-state index in [4.69, 9.17) is 4.74 Å². The monoisotopic (exact) mass is 388 g/mol. The number of rotatable bonds is 8. The number of methoxy groups -OCH3 is 1. The van der Waals surface area contributed by atoms with Gasteiger partial charge in [0.15, 0.2) is 0 Å². The molecule has 2 unspecified atom stereocenters. The standard InChI is InChI=1S/C20H28N4O2S/c1-15(14-27-19-8-4-3-7-18(19)26-2)12-22-20(25)17-9-11-24(23-17)16-6-5-10-21-13-16/h3-4,7-9,11,15-16,21H,5-6,10,12-14H2,1-2H3,(H,22,25). The second kappa shape index (κ2) is 9.80. The van der Waals surface area contributed by atoms with Gasteiger partial charge in [0.1, 0.15) is 11.4 Å². The second-order valence-corrected chi connectivity index (χ2v) is 8.02. The first-order valence-electron chi connectivity index (χ1n) is 9.47. The van der Waals surface area contributed by atoms with Crippen LogP contribution in [0.1, 0.15) is 36.3 Å². The summed E-state index contributed by atoms with van der Waals surface area (Å²) in [5, 5.41) is 10.9. The molecule has 1 saturated heterocycles. The van der Waals surface area contributed by atoms with Crippen molar-refractivity contribution < 1.29 is 9.53 Å². The summed E-state index contributed by atoms with van der Waals surface area (Å²) in [5.74, 6) is 2.03. The molecule has 0 radical (unpaired) electrons. The Kier molecular flexibility index (Phi) is 7.18. The van der Waals surface area contributed by atoms with Gasteiger partial charge in [0.25, 0.3) is 5.91 Å². The van der Waals surface area contributed by atoms with E-state index in [1.807, 2.05) is 29.1 Å². The molecule has 1 fully saturated rings. The zero-order valence-corrected chi connectivity index (χ0v) is 16.8. The number of hydrogen-bond donors (Lipinski definition) is 2. The fourth-order valence-corrected chi connectivity index (χ4v) is 4.16. The summed E-state index contributed by atoms with van der Waals surface area (Å²) in [6.07, 6.45) is 4.16. The van der Waals surface area contributed by atoms with Crippen LogP contribution in [0.2, 0.25) is 0 Å². The van der Waals surface area contributed by atoms with Gasteiger partial charge in [0.2, 0.25) is 0 Å². The summed E-state index contributed by atoms with van der Waals surface area (Å²) in [6, 6.07) is 10.1. The average Bonchev–Trinajstić information content (AvgIpc) is 3.21. The molecule has 2 atom stereocenters. The molecule has 0 aliphatic carbocycles. The van der Waals surface area contributed by atoms with Crippen LogP contribution in [-0.2, 0) is 0 Å². The van der Waals surface area contributed by atoms with Crippen LogP contribution >= 0.6 is 11.8 Å². The Balaban J connectivity index is 1.45. The molecule has 1 aromatic heterocycles. The molecule has 3 rings (SSSR count). The number of carbonyl (C=O) groups is 1. The molecule has 1 aliphatic rings. The van der Waals surface area contributed by atoms with E-state index < -0.39 is 0 Å². The fraction of sp³-hybridized carbons (Fsp3) is 0.500. The van der Waals surface area contributed by atoms with Gasteiger partial charge in [-0.15, -0.1) is 11.8 Å². The van der Waals surface area contributed by atoms with Crippen LogP contribution < -0.4 is 15.4 Å². The van der Waals surface area contributed by atoms with Crippen LogP contribution in [0.4, 0.5) is 0 Å². The average molecular weight is 389 g/mol. The van der Waals surface area contributed by atoms with Gasteiger partial charge in [-0.3, -0.25) is 9.48 Å². The molecule has 27 heavy (non-hydrogen) atoms. The van der Waals surface area contributed by atoms with Gasteiger partial charge in [0.05, 0.1) is 13.2 Å². The summed E-state index contributed by atoms with van der Waals surface area (Å²) in [4.78, 5) is 13.5. The van der Waals surface area contributed by atoms with E-state index >= 15 is 0 Å². The summed E-state index contributed by atoms with van der Waals surface area (Å²) in [6.45, 7) is 4.74. The number of piperidine rings is 1. The van der Waals surface area contributed by atoms with Gasteiger partial charge in [-0.25, -0.2) is 0 Å². The molecule has 0 bridgehead atoms. The molecule has 0 spiro atoms. The Labute approximate surface area is 165 Å². The van der Waals surface area contributed by atoms with Crippen molar-refractivity contribution in [2.24, 2.45) is 5.92 Å². The van der Waals surface area contributed by atoms with Crippen molar-refractivity contribution in [3.63, 3.8) is 0 Å². The zero-order chi connectivity index (χ0) is 19.1. The maximum absolute atomic E-state index is 12.4. The maximum Gasteiger partial charge on any atom is 0.271 e. The number of nitrogens with one attached hydrogen (secondary N) is 2. The topological polar surface area (TPSA) is 68.2 Å². The van der Waals surface area contributed by atoms with E-state index in [0.29, 0.717) is 24.2 Å². The quantitative estimate of drug-likeness (QED) is 0.681. The number of carbonyl (C=O) groups excluding carboxylic acids is 1. The van der Waals surface area contributed by atoms with Crippen LogP contribution in [-0.4, -0.2) is 48.2 Å². The minimum absolute atomic E-state index is 0.105. The summed E-state index contributed by atoms with van der Waals surface area (Å²) >= 11 is 1.75. The Morgan fingerprint density at radius 1 is 1.44 bits per heavy atom. The Morgan fingerprint density at radius 2 is 2.30 bits per heavy atom. The molecule has 146 valence electrons. The lowest BCUT2D eigenvalue weighted by atomic mass is 10.1. The van der Waals surface area contributed by atoms with Crippen molar-refractivity contribution in [1.82, 2.24) is 20.4 Å². The molecule has 2 N–H and O–H groups in total. The Morgan fingerprint density at radius 3 is 3.07 bits per heavy atom. The third-order valence-electron chi connectivity index (χ3n) is 4.69. The number of nitrogens with zero attached hydrogens (tertiary/aromatic N) is 2. The minimum atomic E-state index is -0.105. The van der Waals surface area contributed by atoms with Crippen LogP contribution in [0.5, 0.6) is 5.75 Å². The number of para-hydroxylation sites is 1. The van der Waals surface area contributed by atoms with Crippen molar-refractivity contribution in [1.29, 1.82) is 0 Å². The molecule has 0 saturated carbocycles. The van der Waals surface area contributed by atoms with Gasteiger partial charge in [0, 0.05) is 29.9 Å². The first-order chi connectivity index (χ1) is 13.2. The molecular weight excluding hydrogens is 360 g/mol. The molecule has 1 aromatic carbocycles. The highest BCUT2D eigenvalue weighted by Crippen LogP contribution is 2.29. The van der Waals surface area contributed by atoms with E-state index in [1.54, 1.807) is 24.9 Å². The highest BCUT2D eigenvalue weighted by atomic mass is 32.2. The maximum atomic E-state index is 12.4. The first-order valence-corrected chi connectivity index (χ1v) is 10.5. The third-order valence-corrected chi connectivity index (χ3v) is 6.07. The number of thioether (sulfide) groups is 1. The largest absolute Gasteiger partial charge is 0.496 e. The smallest absolute Gasteiger partial charge is 0.271 e. The number of hydrogen-bond acceptors (Lipinski definition) is 5. The Hall–Kier alpha value is -1.99. The van der Waals surface area contributed by atoms with Crippen molar-refractivity contribution in [3.05, 3.63) is 42.2 Å². The van der Waals surface area contributed by atoms with E-state index in [1.165, 1.54) is 0 Å². The van der Waals surface area contributed by atoms with Gasteiger partial charge >= 0.3 is 0 Å². The number of ether oxygens (including phenoxy) is 1. The first kappa shape index (κ1) is 19.8. The fourth-order valence-electron chi connectivity index (χ4n) is 3.11. The minimum Gasteiger partial charge on any atom is -0.496 e. The second-order valence-electron chi connectivity index (χ2n) is 6.96. The lowest BCUT2D eigenvalue weighted by Gasteiger charge is -2.22. The number of amides is 1. The molecule has 1 amide bonds. The number of benzene rings is 1. The van der Waals surface area contributed by atoms with Crippen LogP contribution in [0.15, 0.2) is 41.4 Å². The van der Waals surface area contributed by atoms with E-state index in [9.17, 15) is 4.79 Å². The molecule has 1 aliphatic heterocycles. The van der Waals surface area contributed by atoms with Crippen LogP contribution in [0.25, 0.3) is 0 Å². The lowest BCUT2D eigenvalue weighted by molar-refractivity contribution is 0.0943. The highest BCUT2D eigenvalue weighted by Gasteiger charge is 2.18. The summed E-state index contributed by atoms with van der Waals surface area (Å²) in [7, 11) is 1.69. The molecule has 2 heterocycles. The van der Waals surface area contributed by atoms with E-state index in [-0.39, 0.29) is 5.91 Å². The summed E-state index contributed by atoms with van der Waals surface area (Å²) in [5.41, 5.74) is 0.491.